The van der Waals surface area contributed by atoms with Gasteiger partial charge in [0.2, 0.25) is 0 Å². The van der Waals surface area contributed by atoms with Gasteiger partial charge in [-0.2, -0.15) is 0 Å². The van der Waals surface area contributed by atoms with Crippen LogP contribution in [0, 0.1) is 0 Å². The number of aryl methyl sites for hydroxylation is 1. The van der Waals surface area contributed by atoms with E-state index in [-0.39, 0.29) is 0 Å². The molecule has 0 N–H and O–H groups in total. The third-order valence-corrected chi connectivity index (χ3v) is 11.7. The molecule has 8 nitrogen and oxygen atoms in total. The normalized spacial score (nSPS) is 17.3. The van der Waals surface area contributed by atoms with Gasteiger partial charge in [-0.05, 0) is 86.1 Å². The Bertz CT molecular complexity index is 2900. The van der Waals surface area contributed by atoms with Crippen LogP contribution in [0.2, 0.25) is 0 Å². The van der Waals surface area contributed by atoms with Crippen molar-refractivity contribution in [2.24, 2.45) is 4.99 Å². The summed E-state index contributed by atoms with van der Waals surface area (Å²) in [6, 6.07) is 34.8. The summed E-state index contributed by atoms with van der Waals surface area (Å²) in [6.45, 7) is 0. The number of fused-ring (bicyclic) bond motifs is 12. The SMILES string of the molecule is C1=Nc2c(c3c(nc(Cc4ccccc4)n3C3CCC(n4c(Cc5ccccc5)nc5c6cccnc6c6ncccc6c54)CC3)c3cccnc23)CC1. The van der Waals surface area contributed by atoms with Crippen molar-refractivity contribution < 1.29 is 0 Å². The second kappa shape index (κ2) is 12.7. The van der Waals surface area contributed by atoms with Crippen LogP contribution in [-0.2, 0) is 19.3 Å². The van der Waals surface area contributed by atoms with Gasteiger partial charge in [-0.1, -0.05) is 60.7 Å². The lowest BCUT2D eigenvalue weighted by Crippen LogP contribution is -2.23. The maximum absolute atomic E-state index is 5.50. The first kappa shape index (κ1) is 31.3. The summed E-state index contributed by atoms with van der Waals surface area (Å²) in [5.74, 6) is 2.23. The van der Waals surface area contributed by atoms with Crippen molar-refractivity contribution in [3.8, 4) is 0 Å². The van der Waals surface area contributed by atoms with Crippen molar-refractivity contribution in [1.82, 2.24) is 34.1 Å². The Morgan fingerprint density at radius 1 is 0.500 bits per heavy atom. The van der Waals surface area contributed by atoms with Crippen molar-refractivity contribution in [2.75, 3.05) is 0 Å². The molecule has 2 aliphatic rings. The Labute approximate surface area is 312 Å². The van der Waals surface area contributed by atoms with Gasteiger partial charge in [-0.25, -0.2) is 9.97 Å². The second-order valence-corrected chi connectivity index (χ2v) is 14.9. The zero-order chi connectivity index (χ0) is 35.6. The standard InChI is InChI=1S/C46H38N8/c1-3-11-29(12-4-1)27-37-51-43-33-15-7-23-47-39(33)41-35(17-9-25-49-41)45(43)53(37)31-19-21-32(22-20-31)54-38(28-30-13-5-2-6-14-30)52-44-34-16-8-24-48-40(34)42-36(46(44)54)18-10-26-50-42/h1-9,11-17,23-26,31-32H,10,18-22,27-28H2. The zero-order valence-corrected chi connectivity index (χ0v) is 29.9. The molecule has 1 fully saturated rings. The van der Waals surface area contributed by atoms with Crippen LogP contribution in [0.15, 0.2) is 121 Å². The first-order valence-electron chi connectivity index (χ1n) is 19.2. The highest BCUT2D eigenvalue weighted by Gasteiger charge is 2.32. The van der Waals surface area contributed by atoms with Crippen molar-refractivity contribution in [2.45, 2.75) is 63.5 Å². The molecular weight excluding hydrogens is 665 g/mol. The van der Waals surface area contributed by atoms with E-state index in [1.165, 1.54) is 27.7 Å². The molecule has 9 aromatic rings. The van der Waals surface area contributed by atoms with Crippen LogP contribution in [0.3, 0.4) is 0 Å². The average Bonchev–Trinajstić information content (AvgIpc) is 3.81. The van der Waals surface area contributed by atoms with Crippen molar-refractivity contribution in [1.29, 1.82) is 0 Å². The minimum Gasteiger partial charge on any atom is -0.324 e. The zero-order valence-electron chi connectivity index (χ0n) is 29.9. The molecule has 0 saturated heterocycles. The quantitative estimate of drug-likeness (QED) is 0.161. The highest BCUT2D eigenvalue weighted by Crippen LogP contribution is 2.46. The topological polar surface area (TPSA) is 86.7 Å². The lowest BCUT2D eigenvalue weighted by atomic mass is 9.89. The third kappa shape index (κ3) is 4.96. The van der Waals surface area contributed by atoms with Crippen LogP contribution in [0.1, 0.15) is 72.5 Å². The van der Waals surface area contributed by atoms with Crippen LogP contribution in [0.25, 0.3) is 54.8 Å². The number of aliphatic imine (C=N–C) groups is 1. The van der Waals surface area contributed by atoms with Crippen molar-refractivity contribution in [3.05, 3.63) is 144 Å². The van der Waals surface area contributed by atoms with Gasteiger partial charge in [-0.3, -0.25) is 19.9 Å². The van der Waals surface area contributed by atoms with Gasteiger partial charge < -0.3 is 9.13 Å². The number of pyridine rings is 3. The second-order valence-electron chi connectivity index (χ2n) is 14.9. The van der Waals surface area contributed by atoms with E-state index in [9.17, 15) is 0 Å². The predicted molar refractivity (Wildman–Crippen MR) is 217 cm³/mol. The molecule has 0 unspecified atom stereocenters. The lowest BCUT2D eigenvalue weighted by Gasteiger charge is -2.33. The van der Waals surface area contributed by atoms with Crippen LogP contribution in [0.4, 0.5) is 5.69 Å². The molecule has 0 amide bonds. The summed E-state index contributed by atoms with van der Waals surface area (Å²) in [7, 11) is 0. The number of hydrogen-bond donors (Lipinski definition) is 0. The number of benzene rings is 4. The van der Waals surface area contributed by atoms with Gasteiger partial charge in [0, 0.05) is 71.5 Å². The summed E-state index contributed by atoms with van der Waals surface area (Å²) in [5.41, 5.74) is 12.2. The van der Waals surface area contributed by atoms with Crippen LogP contribution in [0.5, 0.6) is 0 Å². The van der Waals surface area contributed by atoms with E-state index in [1.54, 1.807) is 0 Å². The number of hydrogen-bond acceptors (Lipinski definition) is 6. The van der Waals surface area contributed by atoms with Gasteiger partial charge in [-0.15, -0.1) is 0 Å². The first-order chi connectivity index (χ1) is 26.8. The van der Waals surface area contributed by atoms with Crippen LogP contribution >= 0.6 is 0 Å². The molecule has 0 spiro atoms. The minimum atomic E-state index is 0.290. The molecule has 54 heavy (non-hydrogen) atoms. The first-order valence-corrected chi connectivity index (χ1v) is 19.2. The highest BCUT2D eigenvalue weighted by molar-refractivity contribution is 6.21. The average molecular weight is 703 g/mol. The number of aromatic nitrogens is 7. The van der Waals surface area contributed by atoms with Gasteiger partial charge >= 0.3 is 0 Å². The molecule has 4 aromatic carbocycles. The monoisotopic (exact) mass is 702 g/mol. The molecule has 0 radical (unpaired) electrons. The van der Waals surface area contributed by atoms with Gasteiger partial charge in [0.15, 0.2) is 0 Å². The van der Waals surface area contributed by atoms with Crippen molar-refractivity contribution >= 4 is 66.7 Å². The summed E-state index contributed by atoms with van der Waals surface area (Å²) >= 11 is 0. The van der Waals surface area contributed by atoms with Gasteiger partial charge in [0.05, 0.1) is 44.3 Å². The highest BCUT2D eigenvalue weighted by atomic mass is 15.1. The van der Waals surface area contributed by atoms with Crippen molar-refractivity contribution in [3.63, 3.8) is 0 Å². The molecule has 11 rings (SSSR count). The maximum Gasteiger partial charge on any atom is 0.114 e. The Balaban J connectivity index is 1.06. The molecule has 6 heterocycles. The molecule has 8 heteroatoms. The van der Waals surface area contributed by atoms with E-state index in [0.29, 0.717) is 12.1 Å². The fourth-order valence-electron chi connectivity index (χ4n) is 9.40. The number of imidazole rings is 2. The fraction of sp³-hybridized carbons (Fsp3) is 0.217. The van der Waals surface area contributed by atoms with E-state index in [1.807, 2.05) is 36.8 Å². The molecule has 0 bridgehead atoms. The maximum atomic E-state index is 5.50. The van der Waals surface area contributed by atoms with Gasteiger partial charge in [0.1, 0.15) is 11.6 Å². The predicted octanol–water partition coefficient (Wildman–Crippen LogP) is 10.2. The van der Waals surface area contributed by atoms with E-state index in [4.69, 9.17) is 29.9 Å². The third-order valence-electron chi connectivity index (χ3n) is 11.7. The van der Waals surface area contributed by atoms with Crippen LogP contribution in [-0.4, -0.2) is 40.3 Å². The van der Waals surface area contributed by atoms with E-state index in [2.05, 4.69) is 94.2 Å². The van der Waals surface area contributed by atoms with Crippen LogP contribution < -0.4 is 0 Å². The summed E-state index contributed by atoms with van der Waals surface area (Å²) in [4.78, 5) is 30.5. The number of rotatable bonds is 6. The Kier molecular flexibility index (Phi) is 7.35. The minimum absolute atomic E-state index is 0.290. The van der Waals surface area contributed by atoms with E-state index in [0.717, 1.165) is 112 Å². The number of nitrogens with zero attached hydrogens (tertiary/aromatic N) is 8. The molecule has 262 valence electrons. The lowest BCUT2D eigenvalue weighted by molar-refractivity contribution is 0.275. The molecule has 0 atom stereocenters. The molecule has 1 saturated carbocycles. The Morgan fingerprint density at radius 3 is 1.61 bits per heavy atom. The van der Waals surface area contributed by atoms with E-state index >= 15 is 0 Å². The summed E-state index contributed by atoms with van der Waals surface area (Å²) < 4.78 is 5.21. The molecule has 1 aliphatic heterocycles. The smallest absolute Gasteiger partial charge is 0.114 e. The molecule has 1 aliphatic carbocycles. The van der Waals surface area contributed by atoms with E-state index < -0.39 is 0 Å². The molecule has 5 aromatic heterocycles. The molecular formula is C46H38N8. The summed E-state index contributed by atoms with van der Waals surface area (Å²) in [6.07, 6.45) is 15.2. The largest absolute Gasteiger partial charge is 0.324 e. The van der Waals surface area contributed by atoms with Gasteiger partial charge in [0.25, 0.3) is 0 Å². The Morgan fingerprint density at radius 2 is 1.00 bits per heavy atom. The Hall–Kier alpha value is -6.28. The fourth-order valence-corrected chi connectivity index (χ4v) is 9.40. The summed E-state index contributed by atoms with van der Waals surface area (Å²) in [5, 5.41) is 3.26.